The van der Waals surface area contributed by atoms with Crippen LogP contribution in [-0.4, -0.2) is 68.5 Å². The molecule has 0 bridgehead atoms. The Morgan fingerprint density at radius 1 is 1.04 bits per heavy atom. The summed E-state index contributed by atoms with van der Waals surface area (Å²) in [6.07, 6.45) is 0. The second-order valence-corrected chi connectivity index (χ2v) is 7.04. The molecule has 2 aromatic rings. The second-order valence-electron chi connectivity index (χ2n) is 7.04. The van der Waals surface area contributed by atoms with Gasteiger partial charge in [-0.05, 0) is 36.8 Å². The number of piperazine rings is 1. The minimum atomic E-state index is 0.00526. The molecule has 1 aliphatic heterocycles. The van der Waals surface area contributed by atoms with Crippen LogP contribution in [0.3, 0.4) is 0 Å². The van der Waals surface area contributed by atoms with E-state index in [9.17, 15) is 9.59 Å². The van der Waals surface area contributed by atoms with Crippen molar-refractivity contribution in [1.29, 1.82) is 0 Å². The minimum Gasteiger partial charge on any atom is -0.496 e. The van der Waals surface area contributed by atoms with Crippen molar-refractivity contribution < 1.29 is 14.3 Å². The Hall–Kier alpha value is -2.86. The Labute approximate surface area is 166 Å². The van der Waals surface area contributed by atoms with E-state index in [1.807, 2.05) is 54.3 Å². The van der Waals surface area contributed by atoms with Gasteiger partial charge in [0.25, 0.3) is 5.91 Å². The van der Waals surface area contributed by atoms with Gasteiger partial charge in [0.05, 0.1) is 13.7 Å². The highest BCUT2D eigenvalue weighted by Crippen LogP contribution is 2.20. The van der Waals surface area contributed by atoms with E-state index in [-0.39, 0.29) is 11.8 Å². The van der Waals surface area contributed by atoms with Crippen molar-refractivity contribution in [1.82, 2.24) is 9.80 Å². The highest BCUT2D eigenvalue weighted by atomic mass is 16.5. The third-order valence-electron chi connectivity index (χ3n) is 5.19. The van der Waals surface area contributed by atoms with Crippen LogP contribution in [0.5, 0.6) is 5.75 Å². The first kappa shape index (κ1) is 19.9. The fraction of sp³-hybridized carbons (Fsp3) is 0.364. The first-order valence-electron chi connectivity index (χ1n) is 9.47. The summed E-state index contributed by atoms with van der Waals surface area (Å²) in [5, 5.41) is 0. The molecular weight excluding hydrogens is 354 g/mol. The van der Waals surface area contributed by atoms with E-state index in [0.29, 0.717) is 38.3 Å². The Morgan fingerprint density at radius 2 is 1.71 bits per heavy atom. The molecule has 0 atom stereocenters. The van der Waals surface area contributed by atoms with Crippen LogP contribution in [0, 0.1) is 6.92 Å². The van der Waals surface area contributed by atoms with Crippen LogP contribution in [0.4, 0.5) is 5.69 Å². The number of likely N-dealkylation sites (N-methyl/N-ethyl adjacent to an activating group) is 1. The predicted molar refractivity (Wildman–Crippen MR) is 110 cm³/mol. The van der Waals surface area contributed by atoms with E-state index in [2.05, 4.69) is 4.90 Å². The van der Waals surface area contributed by atoms with Gasteiger partial charge in [-0.1, -0.05) is 24.3 Å². The van der Waals surface area contributed by atoms with Gasteiger partial charge >= 0.3 is 0 Å². The third kappa shape index (κ3) is 4.51. The number of anilines is 1. The standard InChI is InChI=1S/C22H27N3O3/c1-17-9-10-18(15-20(17)28-3)22(27)25-13-11-24(12-14-25)16-21(26)23(2)19-7-5-4-6-8-19/h4-10,15H,11-14,16H2,1-3H3. The average molecular weight is 381 g/mol. The number of ether oxygens (including phenoxy) is 1. The summed E-state index contributed by atoms with van der Waals surface area (Å²) in [5.41, 5.74) is 2.52. The van der Waals surface area contributed by atoms with E-state index in [1.165, 1.54) is 0 Å². The van der Waals surface area contributed by atoms with Crippen LogP contribution in [0.1, 0.15) is 15.9 Å². The zero-order chi connectivity index (χ0) is 20.1. The fourth-order valence-electron chi connectivity index (χ4n) is 3.34. The lowest BCUT2D eigenvalue weighted by Gasteiger charge is -2.35. The van der Waals surface area contributed by atoms with E-state index >= 15 is 0 Å². The Balaban J connectivity index is 1.54. The first-order valence-corrected chi connectivity index (χ1v) is 9.47. The topological polar surface area (TPSA) is 53.1 Å². The number of hydrogen-bond acceptors (Lipinski definition) is 4. The molecule has 0 aliphatic carbocycles. The normalized spacial score (nSPS) is 14.6. The van der Waals surface area contributed by atoms with Gasteiger partial charge in [-0.15, -0.1) is 0 Å². The maximum atomic E-state index is 12.8. The molecule has 6 nitrogen and oxygen atoms in total. The van der Waals surface area contributed by atoms with E-state index in [4.69, 9.17) is 4.74 Å². The van der Waals surface area contributed by atoms with Crippen LogP contribution >= 0.6 is 0 Å². The average Bonchev–Trinajstić information content (AvgIpc) is 2.74. The van der Waals surface area contributed by atoms with E-state index in [0.717, 1.165) is 17.0 Å². The third-order valence-corrected chi connectivity index (χ3v) is 5.19. The SMILES string of the molecule is COc1cc(C(=O)N2CCN(CC(=O)N(C)c3ccccc3)CC2)ccc1C. The summed E-state index contributed by atoms with van der Waals surface area (Å²) in [6, 6.07) is 15.2. The van der Waals surface area contributed by atoms with Gasteiger partial charge in [-0.25, -0.2) is 0 Å². The van der Waals surface area contributed by atoms with E-state index in [1.54, 1.807) is 25.1 Å². The number of carbonyl (C=O) groups excluding carboxylic acids is 2. The summed E-state index contributed by atoms with van der Waals surface area (Å²) in [4.78, 5) is 30.9. The van der Waals surface area contributed by atoms with Gasteiger partial charge in [-0.3, -0.25) is 14.5 Å². The van der Waals surface area contributed by atoms with Gasteiger partial charge < -0.3 is 14.5 Å². The van der Waals surface area contributed by atoms with Crippen LogP contribution in [0.2, 0.25) is 0 Å². The van der Waals surface area contributed by atoms with Gasteiger partial charge in [0.1, 0.15) is 5.75 Å². The van der Waals surface area contributed by atoms with Crippen LogP contribution in [0.25, 0.3) is 0 Å². The van der Waals surface area contributed by atoms with Crippen LogP contribution < -0.4 is 9.64 Å². The molecule has 0 N–H and O–H groups in total. The van der Waals surface area contributed by atoms with Crippen molar-refractivity contribution in [2.45, 2.75) is 6.92 Å². The number of para-hydroxylation sites is 1. The predicted octanol–water partition coefficient (Wildman–Crippen LogP) is 2.42. The summed E-state index contributed by atoms with van der Waals surface area (Å²) in [6.45, 7) is 4.89. The van der Waals surface area contributed by atoms with Gasteiger partial charge in [-0.2, -0.15) is 0 Å². The van der Waals surface area contributed by atoms with E-state index < -0.39 is 0 Å². The quantitative estimate of drug-likeness (QED) is 0.798. The summed E-state index contributed by atoms with van der Waals surface area (Å²) < 4.78 is 5.32. The van der Waals surface area contributed by atoms with Gasteiger partial charge in [0, 0.05) is 44.5 Å². The molecular formula is C22H27N3O3. The van der Waals surface area contributed by atoms with Crippen molar-refractivity contribution in [2.24, 2.45) is 0 Å². The van der Waals surface area contributed by atoms with Crippen molar-refractivity contribution >= 4 is 17.5 Å². The molecule has 1 heterocycles. The maximum absolute atomic E-state index is 12.8. The van der Waals surface area contributed by atoms with Crippen molar-refractivity contribution in [2.75, 3.05) is 51.8 Å². The number of hydrogen-bond donors (Lipinski definition) is 0. The molecule has 3 rings (SSSR count). The summed E-state index contributed by atoms with van der Waals surface area (Å²) in [7, 11) is 3.40. The molecule has 1 aliphatic rings. The van der Waals surface area contributed by atoms with Crippen molar-refractivity contribution in [3.8, 4) is 5.75 Å². The molecule has 0 radical (unpaired) electrons. The lowest BCUT2D eigenvalue weighted by molar-refractivity contribution is -0.119. The molecule has 0 spiro atoms. The highest BCUT2D eigenvalue weighted by molar-refractivity contribution is 5.95. The summed E-state index contributed by atoms with van der Waals surface area (Å²) in [5.74, 6) is 0.777. The number of amides is 2. The highest BCUT2D eigenvalue weighted by Gasteiger charge is 2.24. The largest absolute Gasteiger partial charge is 0.496 e. The molecule has 2 aromatic carbocycles. The smallest absolute Gasteiger partial charge is 0.254 e. The van der Waals surface area contributed by atoms with Gasteiger partial charge in [0.15, 0.2) is 0 Å². The molecule has 1 saturated heterocycles. The molecule has 148 valence electrons. The number of nitrogens with zero attached hydrogens (tertiary/aromatic N) is 3. The molecule has 0 aromatic heterocycles. The van der Waals surface area contributed by atoms with Crippen LogP contribution in [0.15, 0.2) is 48.5 Å². The zero-order valence-electron chi connectivity index (χ0n) is 16.7. The lowest BCUT2D eigenvalue weighted by Crippen LogP contribution is -2.51. The lowest BCUT2D eigenvalue weighted by atomic mass is 10.1. The maximum Gasteiger partial charge on any atom is 0.254 e. The monoisotopic (exact) mass is 381 g/mol. The van der Waals surface area contributed by atoms with Crippen molar-refractivity contribution in [3.05, 3.63) is 59.7 Å². The van der Waals surface area contributed by atoms with Crippen LogP contribution in [-0.2, 0) is 4.79 Å². The molecule has 28 heavy (non-hydrogen) atoms. The zero-order valence-corrected chi connectivity index (χ0v) is 16.7. The van der Waals surface area contributed by atoms with Crippen molar-refractivity contribution in [3.63, 3.8) is 0 Å². The fourth-order valence-corrected chi connectivity index (χ4v) is 3.34. The summed E-state index contributed by atoms with van der Waals surface area (Å²) >= 11 is 0. The number of aryl methyl sites for hydroxylation is 1. The molecule has 6 heteroatoms. The molecule has 0 unspecified atom stereocenters. The molecule has 2 amide bonds. The Kier molecular flexibility index (Phi) is 6.31. The molecule has 0 saturated carbocycles. The number of methoxy groups -OCH3 is 1. The number of rotatable bonds is 5. The van der Waals surface area contributed by atoms with Gasteiger partial charge in [0.2, 0.25) is 5.91 Å². The number of benzene rings is 2. The number of carbonyl (C=O) groups is 2. The Morgan fingerprint density at radius 3 is 2.36 bits per heavy atom. The molecule has 1 fully saturated rings. The first-order chi connectivity index (χ1) is 13.5. The Bertz CT molecular complexity index is 830. The second kappa shape index (κ2) is 8.89. The minimum absolute atomic E-state index is 0.00526.